The number of anilines is 1. The molecule has 0 aromatic heterocycles. The Balaban J connectivity index is 1.93. The number of benzene rings is 2. The Kier molecular flexibility index (Phi) is 7.21. The second kappa shape index (κ2) is 9.39. The standard InChI is InChI=1S/C18H19BrN2O3S/c1-3-10-24-14-7-5-13(6-8-14)20-18(25)21-17(22)12-4-9-16(23-2)15(19)11-12/h4-9,11H,3,10H2,1-2H3,(H2,20,21,22,25). The Labute approximate surface area is 160 Å². The first-order valence-corrected chi connectivity index (χ1v) is 8.92. The molecular formula is C18H19BrN2O3S. The molecule has 25 heavy (non-hydrogen) atoms. The van der Waals surface area contributed by atoms with Gasteiger partial charge in [-0.05, 0) is 77.0 Å². The van der Waals surface area contributed by atoms with E-state index in [1.54, 1.807) is 25.3 Å². The van der Waals surface area contributed by atoms with Gasteiger partial charge in [0, 0.05) is 11.3 Å². The number of methoxy groups -OCH3 is 1. The molecule has 132 valence electrons. The normalized spacial score (nSPS) is 10.0. The quantitative estimate of drug-likeness (QED) is 0.676. The number of carbonyl (C=O) groups is 1. The van der Waals surface area contributed by atoms with Crippen molar-refractivity contribution in [3.8, 4) is 11.5 Å². The molecule has 0 aliphatic carbocycles. The highest BCUT2D eigenvalue weighted by atomic mass is 79.9. The van der Waals surface area contributed by atoms with E-state index >= 15 is 0 Å². The molecule has 0 heterocycles. The van der Waals surface area contributed by atoms with Gasteiger partial charge in [-0.15, -0.1) is 0 Å². The van der Waals surface area contributed by atoms with Crippen LogP contribution in [-0.2, 0) is 0 Å². The summed E-state index contributed by atoms with van der Waals surface area (Å²) >= 11 is 8.54. The molecule has 0 saturated heterocycles. The number of hydrogen-bond donors (Lipinski definition) is 2. The van der Waals surface area contributed by atoms with E-state index in [-0.39, 0.29) is 11.0 Å². The van der Waals surface area contributed by atoms with Crippen LogP contribution in [0.2, 0.25) is 0 Å². The van der Waals surface area contributed by atoms with Crippen LogP contribution in [-0.4, -0.2) is 24.7 Å². The fraction of sp³-hybridized carbons (Fsp3) is 0.222. The number of halogens is 1. The molecule has 2 aromatic rings. The van der Waals surface area contributed by atoms with Gasteiger partial charge in [-0.1, -0.05) is 6.92 Å². The summed E-state index contributed by atoms with van der Waals surface area (Å²) in [6.07, 6.45) is 0.956. The van der Waals surface area contributed by atoms with Crippen LogP contribution in [0.15, 0.2) is 46.9 Å². The van der Waals surface area contributed by atoms with Gasteiger partial charge in [-0.3, -0.25) is 10.1 Å². The Hall–Kier alpha value is -2.12. The zero-order valence-corrected chi connectivity index (χ0v) is 16.4. The molecule has 2 N–H and O–H groups in total. The summed E-state index contributed by atoms with van der Waals surface area (Å²) < 4.78 is 11.4. The van der Waals surface area contributed by atoms with Crippen LogP contribution in [0.5, 0.6) is 11.5 Å². The predicted molar refractivity (Wildman–Crippen MR) is 107 cm³/mol. The highest BCUT2D eigenvalue weighted by Gasteiger charge is 2.10. The highest BCUT2D eigenvalue weighted by Crippen LogP contribution is 2.25. The largest absolute Gasteiger partial charge is 0.496 e. The molecule has 2 rings (SSSR count). The van der Waals surface area contributed by atoms with Gasteiger partial charge in [-0.25, -0.2) is 0 Å². The second-order valence-corrected chi connectivity index (χ2v) is 6.39. The molecule has 0 unspecified atom stereocenters. The summed E-state index contributed by atoms with van der Waals surface area (Å²) in [7, 11) is 1.57. The van der Waals surface area contributed by atoms with Crippen LogP contribution >= 0.6 is 28.1 Å². The molecule has 0 spiro atoms. The molecule has 0 saturated carbocycles. The minimum atomic E-state index is -0.302. The molecular weight excluding hydrogens is 404 g/mol. The monoisotopic (exact) mass is 422 g/mol. The molecule has 0 radical (unpaired) electrons. The van der Waals surface area contributed by atoms with E-state index < -0.39 is 0 Å². The fourth-order valence-corrected chi connectivity index (χ4v) is 2.75. The van der Waals surface area contributed by atoms with E-state index in [1.165, 1.54) is 0 Å². The Bertz CT molecular complexity index is 750. The molecule has 2 aromatic carbocycles. The average molecular weight is 423 g/mol. The number of thiocarbonyl (C=S) groups is 1. The lowest BCUT2D eigenvalue weighted by molar-refractivity contribution is 0.0977. The predicted octanol–water partition coefficient (Wildman–Crippen LogP) is 4.37. The summed E-state index contributed by atoms with van der Waals surface area (Å²) in [5, 5.41) is 5.84. The molecule has 0 bridgehead atoms. The van der Waals surface area contributed by atoms with Crippen LogP contribution in [0.25, 0.3) is 0 Å². The van der Waals surface area contributed by atoms with E-state index in [4.69, 9.17) is 21.7 Å². The molecule has 7 heteroatoms. The number of amides is 1. The topological polar surface area (TPSA) is 59.6 Å². The third-order valence-electron chi connectivity index (χ3n) is 3.23. The van der Waals surface area contributed by atoms with Crippen LogP contribution in [0.3, 0.4) is 0 Å². The first kappa shape index (κ1) is 19.2. The Morgan fingerprint density at radius 3 is 2.52 bits per heavy atom. The van der Waals surface area contributed by atoms with Crippen molar-refractivity contribution in [1.29, 1.82) is 0 Å². The fourth-order valence-electron chi connectivity index (χ4n) is 2.00. The van der Waals surface area contributed by atoms with Gasteiger partial charge in [0.15, 0.2) is 5.11 Å². The van der Waals surface area contributed by atoms with Crippen LogP contribution in [0.1, 0.15) is 23.7 Å². The van der Waals surface area contributed by atoms with Crippen molar-refractivity contribution in [2.24, 2.45) is 0 Å². The second-order valence-electron chi connectivity index (χ2n) is 5.13. The summed E-state index contributed by atoms with van der Waals surface area (Å²) in [6, 6.07) is 12.4. The minimum Gasteiger partial charge on any atom is -0.496 e. The smallest absolute Gasteiger partial charge is 0.257 e. The van der Waals surface area contributed by atoms with E-state index in [0.717, 1.165) is 17.9 Å². The van der Waals surface area contributed by atoms with Crippen molar-refractivity contribution in [1.82, 2.24) is 5.32 Å². The summed E-state index contributed by atoms with van der Waals surface area (Å²) in [5.74, 6) is 1.15. The molecule has 0 atom stereocenters. The highest BCUT2D eigenvalue weighted by molar-refractivity contribution is 9.10. The maximum atomic E-state index is 12.2. The van der Waals surface area contributed by atoms with E-state index in [2.05, 4.69) is 33.5 Å². The van der Waals surface area contributed by atoms with Gasteiger partial charge in [-0.2, -0.15) is 0 Å². The first-order valence-electron chi connectivity index (χ1n) is 7.72. The summed E-state index contributed by atoms with van der Waals surface area (Å²) in [4.78, 5) is 12.2. The van der Waals surface area contributed by atoms with Gasteiger partial charge in [0.25, 0.3) is 5.91 Å². The van der Waals surface area contributed by atoms with Gasteiger partial charge < -0.3 is 14.8 Å². The van der Waals surface area contributed by atoms with Crippen LogP contribution in [0, 0.1) is 0 Å². The lowest BCUT2D eigenvalue weighted by atomic mass is 10.2. The van der Waals surface area contributed by atoms with Gasteiger partial charge in [0.05, 0.1) is 18.2 Å². The molecule has 0 aliphatic rings. The average Bonchev–Trinajstić information content (AvgIpc) is 2.61. The van der Waals surface area contributed by atoms with Crippen molar-refractivity contribution >= 4 is 44.9 Å². The number of nitrogens with one attached hydrogen (secondary N) is 2. The van der Waals surface area contributed by atoms with Crippen molar-refractivity contribution < 1.29 is 14.3 Å². The van der Waals surface area contributed by atoms with E-state index in [0.29, 0.717) is 22.4 Å². The Morgan fingerprint density at radius 1 is 1.20 bits per heavy atom. The lowest BCUT2D eigenvalue weighted by Crippen LogP contribution is -2.34. The zero-order chi connectivity index (χ0) is 18.2. The number of hydrogen-bond acceptors (Lipinski definition) is 4. The minimum absolute atomic E-state index is 0.221. The summed E-state index contributed by atoms with van der Waals surface area (Å²) in [5.41, 5.74) is 1.24. The maximum absolute atomic E-state index is 12.2. The molecule has 5 nitrogen and oxygen atoms in total. The number of carbonyl (C=O) groups excluding carboxylic acids is 1. The molecule has 0 fully saturated rings. The molecule has 1 amide bonds. The zero-order valence-electron chi connectivity index (χ0n) is 14.0. The number of ether oxygens (including phenoxy) is 2. The van der Waals surface area contributed by atoms with Gasteiger partial charge in [0.2, 0.25) is 0 Å². The van der Waals surface area contributed by atoms with E-state index in [9.17, 15) is 4.79 Å². The maximum Gasteiger partial charge on any atom is 0.257 e. The first-order chi connectivity index (χ1) is 12.0. The van der Waals surface area contributed by atoms with Crippen LogP contribution < -0.4 is 20.1 Å². The Morgan fingerprint density at radius 2 is 1.92 bits per heavy atom. The SMILES string of the molecule is CCCOc1ccc(NC(=S)NC(=O)c2ccc(OC)c(Br)c2)cc1. The van der Waals surface area contributed by atoms with E-state index in [1.807, 2.05) is 24.3 Å². The summed E-state index contributed by atoms with van der Waals surface area (Å²) in [6.45, 7) is 2.73. The third kappa shape index (κ3) is 5.72. The number of rotatable bonds is 6. The van der Waals surface area contributed by atoms with Gasteiger partial charge >= 0.3 is 0 Å². The molecule has 0 aliphatic heterocycles. The van der Waals surface area contributed by atoms with Gasteiger partial charge in [0.1, 0.15) is 11.5 Å². The van der Waals surface area contributed by atoms with Crippen LogP contribution in [0.4, 0.5) is 5.69 Å². The van der Waals surface area contributed by atoms with Crippen molar-refractivity contribution in [3.63, 3.8) is 0 Å². The van der Waals surface area contributed by atoms with Crippen molar-refractivity contribution in [3.05, 3.63) is 52.5 Å². The lowest BCUT2D eigenvalue weighted by Gasteiger charge is -2.11. The van der Waals surface area contributed by atoms with Crippen molar-refractivity contribution in [2.75, 3.05) is 19.0 Å². The van der Waals surface area contributed by atoms with Crippen molar-refractivity contribution in [2.45, 2.75) is 13.3 Å². The third-order valence-corrected chi connectivity index (χ3v) is 4.05.